The first-order valence-electron chi connectivity index (χ1n) is 3.93. The molecule has 0 N–H and O–H groups in total. The molecule has 4 heteroatoms. The molecule has 0 fully saturated rings. The molecule has 0 spiro atoms. The van der Waals surface area contributed by atoms with Gasteiger partial charge in [0, 0.05) is 19.4 Å². The van der Waals surface area contributed by atoms with Crippen LogP contribution in [0.3, 0.4) is 0 Å². The molecule has 0 saturated heterocycles. The number of rotatable bonds is 6. The largest absolute Gasteiger partial charge is 0.344 e. The summed E-state index contributed by atoms with van der Waals surface area (Å²) in [6, 6.07) is -0.495. The molecule has 0 aliphatic heterocycles. The van der Waals surface area contributed by atoms with Gasteiger partial charge in [0.25, 0.3) is 0 Å². The molecule has 0 bridgehead atoms. The summed E-state index contributed by atoms with van der Waals surface area (Å²) in [7, 11) is -1.35. The van der Waals surface area contributed by atoms with E-state index in [0.717, 1.165) is 0 Å². The molecule has 0 rings (SSSR count). The summed E-state index contributed by atoms with van der Waals surface area (Å²) in [4.78, 5) is 0. The Balaban J connectivity index is 3.76. The third-order valence-electron chi connectivity index (χ3n) is 1.17. The summed E-state index contributed by atoms with van der Waals surface area (Å²) in [5.41, 5.74) is 0. The highest BCUT2D eigenvalue weighted by molar-refractivity contribution is 7.45. The van der Waals surface area contributed by atoms with Crippen molar-refractivity contribution in [3.05, 3.63) is 0 Å². The van der Waals surface area contributed by atoms with Crippen LogP contribution in [0.5, 0.6) is 0 Å². The Morgan fingerprint density at radius 1 is 1.18 bits per heavy atom. The Morgan fingerprint density at radius 3 is 1.91 bits per heavy atom. The molecule has 0 aromatic carbocycles. The lowest BCUT2D eigenvalue weighted by molar-refractivity contribution is -0.0796. The first-order valence-corrected chi connectivity index (χ1v) is 5.44. The summed E-state index contributed by atoms with van der Waals surface area (Å²) in [5.74, 6) is 0. The van der Waals surface area contributed by atoms with Crippen molar-refractivity contribution in [3.8, 4) is 0 Å². The highest BCUT2D eigenvalue weighted by atomic mass is 31.1. The Hall–Kier alpha value is 0.0200. The van der Waals surface area contributed by atoms with E-state index >= 15 is 0 Å². The Kier molecular flexibility index (Phi) is 6.73. The van der Waals surface area contributed by atoms with Crippen LogP contribution >= 0.6 is 7.80 Å². The van der Waals surface area contributed by atoms with Gasteiger partial charge in [-0.2, -0.15) is 0 Å². The number of ether oxygens (including phenoxy) is 2. The van der Waals surface area contributed by atoms with Crippen LogP contribution in [0, 0.1) is 0 Å². The van der Waals surface area contributed by atoms with Crippen molar-refractivity contribution in [2.24, 2.45) is 0 Å². The molecule has 1 unspecified atom stereocenters. The fourth-order valence-electron chi connectivity index (χ4n) is 0.649. The molecule has 1 atom stereocenters. The second-order valence-corrected chi connectivity index (χ2v) is 3.84. The average Bonchev–Trinajstić information content (AvgIpc) is 2.03. The van der Waals surface area contributed by atoms with Gasteiger partial charge in [0.05, 0.1) is 0 Å². The van der Waals surface area contributed by atoms with E-state index in [1.54, 1.807) is 0 Å². The van der Waals surface area contributed by atoms with Crippen molar-refractivity contribution >= 4 is 7.80 Å². The van der Waals surface area contributed by atoms with E-state index in [9.17, 15) is 4.57 Å². The highest BCUT2D eigenvalue weighted by Gasteiger charge is 2.14. The molecule has 3 nitrogen and oxygen atoms in total. The van der Waals surface area contributed by atoms with Gasteiger partial charge in [-0.3, -0.25) is 4.57 Å². The van der Waals surface area contributed by atoms with Crippen LogP contribution in [0.1, 0.15) is 20.8 Å². The fourth-order valence-corrected chi connectivity index (χ4v) is 1.58. The highest BCUT2D eigenvalue weighted by Crippen LogP contribution is 2.28. The third kappa shape index (κ3) is 4.46. The Labute approximate surface area is 68.9 Å². The molecule has 0 amide bonds. The zero-order chi connectivity index (χ0) is 8.69. The van der Waals surface area contributed by atoms with Gasteiger partial charge in [-0.05, 0) is 13.8 Å². The molecule has 0 aliphatic rings. The van der Waals surface area contributed by atoms with E-state index in [0.29, 0.717) is 19.4 Å². The Bertz CT molecular complexity index is 110. The summed E-state index contributed by atoms with van der Waals surface area (Å²) >= 11 is 0. The van der Waals surface area contributed by atoms with Crippen molar-refractivity contribution in [3.63, 3.8) is 0 Å². The smallest absolute Gasteiger partial charge is 0.229 e. The van der Waals surface area contributed by atoms with Crippen molar-refractivity contribution in [2.75, 3.05) is 19.4 Å². The lowest BCUT2D eigenvalue weighted by Crippen LogP contribution is -2.13. The quantitative estimate of drug-likeness (QED) is 0.463. The van der Waals surface area contributed by atoms with E-state index in [-0.39, 0.29) is 0 Å². The minimum absolute atomic E-state index is 0.495. The summed E-state index contributed by atoms with van der Waals surface area (Å²) in [6.07, 6.45) is 0.611. The van der Waals surface area contributed by atoms with Gasteiger partial charge in [0.2, 0.25) is 6.03 Å². The molecule has 0 aromatic rings. The van der Waals surface area contributed by atoms with E-state index in [4.69, 9.17) is 9.47 Å². The van der Waals surface area contributed by atoms with Crippen LogP contribution in [0.15, 0.2) is 0 Å². The van der Waals surface area contributed by atoms with E-state index in [1.165, 1.54) is 0 Å². The first-order chi connectivity index (χ1) is 5.26. The molecular weight excluding hydrogens is 163 g/mol. The van der Waals surface area contributed by atoms with E-state index in [2.05, 4.69) is 0 Å². The van der Waals surface area contributed by atoms with Crippen LogP contribution in [-0.4, -0.2) is 25.4 Å². The topological polar surface area (TPSA) is 35.5 Å². The van der Waals surface area contributed by atoms with E-state index < -0.39 is 13.8 Å². The maximum absolute atomic E-state index is 11.2. The van der Waals surface area contributed by atoms with Crippen LogP contribution in [0.4, 0.5) is 0 Å². The fraction of sp³-hybridized carbons (Fsp3) is 1.00. The van der Waals surface area contributed by atoms with Crippen LogP contribution in [0.2, 0.25) is 0 Å². The van der Waals surface area contributed by atoms with Crippen molar-refractivity contribution in [1.29, 1.82) is 0 Å². The predicted molar refractivity (Wildman–Crippen MR) is 45.2 cm³/mol. The van der Waals surface area contributed by atoms with Crippen molar-refractivity contribution in [1.82, 2.24) is 0 Å². The standard InChI is InChI=1S/C7H16O3P/c1-4-9-7(10-5-2)11(8)6-3/h7H,4-6H2,1-3H3. The zero-order valence-electron chi connectivity index (χ0n) is 7.37. The lowest BCUT2D eigenvalue weighted by Gasteiger charge is -2.14. The van der Waals surface area contributed by atoms with Crippen molar-refractivity contribution < 1.29 is 14.0 Å². The summed E-state index contributed by atoms with van der Waals surface area (Å²) < 4.78 is 21.4. The van der Waals surface area contributed by atoms with E-state index in [1.807, 2.05) is 20.8 Å². The van der Waals surface area contributed by atoms with Crippen molar-refractivity contribution in [2.45, 2.75) is 26.8 Å². The van der Waals surface area contributed by atoms with Crippen LogP contribution in [0.25, 0.3) is 0 Å². The normalized spacial score (nSPS) is 12.2. The first kappa shape index (κ1) is 11.0. The van der Waals surface area contributed by atoms with Crippen LogP contribution in [-0.2, 0) is 14.0 Å². The molecular formula is C7H16O3P. The monoisotopic (exact) mass is 179 g/mol. The van der Waals surface area contributed by atoms with Gasteiger partial charge < -0.3 is 9.47 Å². The van der Waals surface area contributed by atoms with Gasteiger partial charge in [-0.15, -0.1) is 0 Å². The molecule has 67 valence electrons. The lowest BCUT2D eigenvalue weighted by atomic mass is 10.9. The second-order valence-electron chi connectivity index (χ2n) is 1.95. The van der Waals surface area contributed by atoms with Gasteiger partial charge in [-0.1, -0.05) is 6.92 Å². The number of hydrogen-bond donors (Lipinski definition) is 0. The SMILES string of the molecule is CCOC(OCC)[P](=O)CC. The molecule has 0 heterocycles. The minimum Gasteiger partial charge on any atom is -0.344 e. The summed E-state index contributed by atoms with van der Waals surface area (Å²) in [6.45, 7) is 6.69. The van der Waals surface area contributed by atoms with Gasteiger partial charge in [0.15, 0.2) is 0 Å². The minimum atomic E-state index is -1.35. The van der Waals surface area contributed by atoms with Gasteiger partial charge >= 0.3 is 0 Å². The average molecular weight is 179 g/mol. The third-order valence-corrected chi connectivity index (χ3v) is 2.56. The predicted octanol–water partition coefficient (Wildman–Crippen LogP) is 2.19. The molecule has 1 radical (unpaired) electrons. The maximum Gasteiger partial charge on any atom is 0.229 e. The molecule has 0 aromatic heterocycles. The molecule has 11 heavy (non-hydrogen) atoms. The van der Waals surface area contributed by atoms with Gasteiger partial charge in [-0.25, -0.2) is 0 Å². The Morgan fingerprint density at radius 2 is 1.64 bits per heavy atom. The maximum atomic E-state index is 11.2. The van der Waals surface area contributed by atoms with Gasteiger partial charge in [0.1, 0.15) is 7.80 Å². The zero-order valence-corrected chi connectivity index (χ0v) is 8.27. The number of hydrogen-bond acceptors (Lipinski definition) is 3. The molecule has 0 saturated carbocycles. The van der Waals surface area contributed by atoms with Crippen LogP contribution < -0.4 is 0 Å². The second kappa shape index (κ2) is 6.71. The summed E-state index contributed by atoms with van der Waals surface area (Å²) in [5, 5.41) is 0. The molecule has 0 aliphatic carbocycles.